The van der Waals surface area contributed by atoms with E-state index in [0.29, 0.717) is 38.1 Å². The average molecular weight is 328 g/mol. The molecule has 1 aromatic heterocycles. The predicted octanol–water partition coefficient (Wildman–Crippen LogP) is 1.50. The molecule has 2 aromatic rings. The summed E-state index contributed by atoms with van der Waals surface area (Å²) in [6, 6.07) is 10.7. The first kappa shape index (κ1) is 16.2. The minimum Gasteiger partial charge on any atom is -0.481 e. The fraction of sp³-hybridized carbons (Fsp3) is 0.353. The molecule has 126 valence electrons. The summed E-state index contributed by atoms with van der Waals surface area (Å²) in [5.41, 5.74) is 0.861. The maximum atomic E-state index is 13.0. The van der Waals surface area contributed by atoms with Crippen molar-refractivity contribution in [2.24, 2.45) is 0 Å². The number of hydrogen-bond acceptors (Lipinski definition) is 6. The van der Waals surface area contributed by atoms with Gasteiger partial charge in [-0.25, -0.2) is 4.98 Å². The van der Waals surface area contributed by atoms with E-state index in [0.717, 1.165) is 5.56 Å². The molecule has 1 aliphatic heterocycles. The molecule has 1 aromatic carbocycles. The van der Waals surface area contributed by atoms with Gasteiger partial charge < -0.3 is 19.7 Å². The summed E-state index contributed by atoms with van der Waals surface area (Å²) in [6.45, 7) is 2.29. The molecule has 1 unspecified atom stereocenters. The number of methoxy groups -OCH3 is 1. The SMILES string of the molecule is COc1ccnc(NC(C(=O)N2CCOCC2)c2ccccc2)n1. The summed E-state index contributed by atoms with van der Waals surface area (Å²) in [5, 5.41) is 3.13. The Bertz CT molecular complexity index is 675. The lowest BCUT2D eigenvalue weighted by Crippen LogP contribution is -2.44. The van der Waals surface area contributed by atoms with Gasteiger partial charge in [-0.3, -0.25) is 4.79 Å². The van der Waals surface area contributed by atoms with E-state index in [4.69, 9.17) is 9.47 Å². The van der Waals surface area contributed by atoms with E-state index in [2.05, 4.69) is 15.3 Å². The second kappa shape index (κ2) is 7.74. The first-order chi connectivity index (χ1) is 11.8. The molecule has 2 heterocycles. The zero-order valence-electron chi connectivity index (χ0n) is 13.5. The number of aromatic nitrogens is 2. The van der Waals surface area contributed by atoms with Crippen LogP contribution in [0.3, 0.4) is 0 Å². The molecule has 0 aliphatic carbocycles. The van der Waals surface area contributed by atoms with Crippen LogP contribution in [0.25, 0.3) is 0 Å². The Morgan fingerprint density at radius 3 is 2.71 bits per heavy atom. The van der Waals surface area contributed by atoms with E-state index < -0.39 is 6.04 Å². The first-order valence-electron chi connectivity index (χ1n) is 7.83. The molecule has 0 saturated carbocycles. The normalized spacial score (nSPS) is 15.6. The quantitative estimate of drug-likeness (QED) is 0.896. The van der Waals surface area contributed by atoms with E-state index in [1.54, 1.807) is 24.3 Å². The molecule has 24 heavy (non-hydrogen) atoms. The van der Waals surface area contributed by atoms with E-state index in [9.17, 15) is 4.79 Å². The number of nitrogens with one attached hydrogen (secondary N) is 1. The second-order valence-electron chi connectivity index (χ2n) is 5.35. The Morgan fingerprint density at radius 2 is 2.00 bits per heavy atom. The van der Waals surface area contributed by atoms with Crippen LogP contribution in [-0.2, 0) is 9.53 Å². The van der Waals surface area contributed by atoms with Crippen molar-refractivity contribution < 1.29 is 14.3 Å². The number of carbonyl (C=O) groups is 1. The van der Waals surface area contributed by atoms with Crippen LogP contribution in [-0.4, -0.2) is 54.2 Å². The molecule has 1 amide bonds. The maximum absolute atomic E-state index is 13.0. The molecular weight excluding hydrogens is 308 g/mol. The van der Waals surface area contributed by atoms with Gasteiger partial charge in [0.2, 0.25) is 17.7 Å². The van der Waals surface area contributed by atoms with Gasteiger partial charge in [0.1, 0.15) is 6.04 Å². The van der Waals surface area contributed by atoms with Crippen LogP contribution in [0, 0.1) is 0 Å². The van der Waals surface area contributed by atoms with Crippen molar-refractivity contribution in [1.29, 1.82) is 0 Å². The van der Waals surface area contributed by atoms with Crippen molar-refractivity contribution in [3.05, 3.63) is 48.2 Å². The van der Waals surface area contributed by atoms with Crippen molar-refractivity contribution in [2.45, 2.75) is 6.04 Å². The summed E-state index contributed by atoms with van der Waals surface area (Å²) < 4.78 is 10.4. The van der Waals surface area contributed by atoms with Gasteiger partial charge in [0.15, 0.2) is 0 Å². The van der Waals surface area contributed by atoms with Gasteiger partial charge >= 0.3 is 0 Å². The highest BCUT2D eigenvalue weighted by atomic mass is 16.5. The molecule has 1 aliphatic rings. The Hall–Kier alpha value is -2.67. The minimum atomic E-state index is -0.559. The van der Waals surface area contributed by atoms with Gasteiger partial charge in [0, 0.05) is 25.4 Å². The predicted molar refractivity (Wildman–Crippen MR) is 88.8 cm³/mol. The topological polar surface area (TPSA) is 76.6 Å². The Kier molecular flexibility index (Phi) is 5.22. The molecule has 0 radical (unpaired) electrons. The number of amides is 1. The van der Waals surface area contributed by atoms with Crippen LogP contribution >= 0.6 is 0 Å². The number of ether oxygens (including phenoxy) is 2. The average Bonchev–Trinajstić information content (AvgIpc) is 2.67. The monoisotopic (exact) mass is 328 g/mol. The van der Waals surface area contributed by atoms with E-state index in [-0.39, 0.29) is 5.91 Å². The van der Waals surface area contributed by atoms with Crippen LogP contribution in [0.5, 0.6) is 5.88 Å². The standard InChI is InChI=1S/C17H20N4O3/c1-23-14-7-8-18-17(19-14)20-15(13-5-3-2-4-6-13)16(22)21-9-11-24-12-10-21/h2-8,15H,9-12H2,1H3,(H,18,19,20). The lowest BCUT2D eigenvalue weighted by atomic mass is 10.1. The summed E-state index contributed by atoms with van der Waals surface area (Å²) >= 11 is 0. The number of nitrogens with zero attached hydrogens (tertiary/aromatic N) is 3. The lowest BCUT2D eigenvalue weighted by molar-refractivity contribution is -0.136. The fourth-order valence-corrected chi connectivity index (χ4v) is 2.55. The van der Waals surface area contributed by atoms with Crippen LogP contribution in [0.2, 0.25) is 0 Å². The third-order valence-electron chi connectivity index (χ3n) is 3.82. The maximum Gasteiger partial charge on any atom is 0.249 e. The molecule has 1 N–H and O–H groups in total. The summed E-state index contributed by atoms with van der Waals surface area (Å²) in [7, 11) is 1.54. The van der Waals surface area contributed by atoms with E-state index in [1.807, 2.05) is 30.3 Å². The third kappa shape index (κ3) is 3.80. The molecule has 3 rings (SSSR count). The van der Waals surface area contributed by atoms with E-state index >= 15 is 0 Å². The van der Waals surface area contributed by atoms with Crippen molar-refractivity contribution in [1.82, 2.24) is 14.9 Å². The number of morpholine rings is 1. The molecule has 1 atom stereocenters. The highest BCUT2D eigenvalue weighted by Gasteiger charge is 2.27. The number of carbonyl (C=O) groups excluding carboxylic acids is 1. The van der Waals surface area contributed by atoms with Crippen LogP contribution in [0.15, 0.2) is 42.6 Å². The molecule has 0 spiro atoms. The summed E-state index contributed by atoms with van der Waals surface area (Å²) in [5.74, 6) is 0.777. The second-order valence-corrected chi connectivity index (χ2v) is 5.35. The van der Waals surface area contributed by atoms with Gasteiger partial charge in [-0.05, 0) is 5.56 Å². The molecule has 7 heteroatoms. The highest BCUT2D eigenvalue weighted by Crippen LogP contribution is 2.21. The smallest absolute Gasteiger partial charge is 0.249 e. The Labute approximate surface area is 140 Å². The number of anilines is 1. The summed E-state index contributed by atoms with van der Waals surface area (Å²) in [6.07, 6.45) is 1.59. The molecule has 0 bridgehead atoms. The van der Waals surface area contributed by atoms with Crippen LogP contribution in [0.4, 0.5) is 5.95 Å². The van der Waals surface area contributed by atoms with Crippen molar-refractivity contribution >= 4 is 11.9 Å². The number of rotatable bonds is 5. The minimum absolute atomic E-state index is 0.0177. The van der Waals surface area contributed by atoms with Crippen LogP contribution in [0.1, 0.15) is 11.6 Å². The van der Waals surface area contributed by atoms with Gasteiger partial charge in [-0.2, -0.15) is 4.98 Å². The lowest BCUT2D eigenvalue weighted by Gasteiger charge is -2.31. The summed E-state index contributed by atoms with van der Waals surface area (Å²) in [4.78, 5) is 23.2. The van der Waals surface area contributed by atoms with Crippen molar-refractivity contribution in [3.63, 3.8) is 0 Å². The molecule has 1 fully saturated rings. The van der Waals surface area contributed by atoms with Crippen molar-refractivity contribution in [3.8, 4) is 5.88 Å². The van der Waals surface area contributed by atoms with Crippen LogP contribution < -0.4 is 10.1 Å². The number of benzene rings is 1. The molecule has 1 saturated heterocycles. The fourth-order valence-electron chi connectivity index (χ4n) is 2.55. The van der Waals surface area contributed by atoms with Gasteiger partial charge in [-0.15, -0.1) is 0 Å². The number of hydrogen-bond donors (Lipinski definition) is 1. The Balaban J connectivity index is 1.85. The Morgan fingerprint density at radius 1 is 1.25 bits per heavy atom. The first-order valence-corrected chi connectivity index (χ1v) is 7.83. The van der Waals surface area contributed by atoms with Gasteiger partial charge in [0.25, 0.3) is 0 Å². The largest absolute Gasteiger partial charge is 0.481 e. The van der Waals surface area contributed by atoms with Gasteiger partial charge in [0.05, 0.1) is 20.3 Å². The van der Waals surface area contributed by atoms with Crippen molar-refractivity contribution in [2.75, 3.05) is 38.7 Å². The molecule has 7 nitrogen and oxygen atoms in total. The zero-order valence-corrected chi connectivity index (χ0v) is 13.5. The zero-order chi connectivity index (χ0) is 16.8. The molecular formula is C17H20N4O3. The highest BCUT2D eigenvalue weighted by molar-refractivity contribution is 5.85. The van der Waals surface area contributed by atoms with E-state index in [1.165, 1.54) is 0 Å². The third-order valence-corrected chi connectivity index (χ3v) is 3.82. The van der Waals surface area contributed by atoms with Gasteiger partial charge in [-0.1, -0.05) is 30.3 Å².